The van der Waals surface area contributed by atoms with Crippen LogP contribution in [-0.2, 0) is 0 Å². The lowest BCUT2D eigenvalue weighted by Gasteiger charge is -2.03. The van der Waals surface area contributed by atoms with Crippen LogP contribution in [0.25, 0.3) is 27.4 Å². The van der Waals surface area contributed by atoms with Crippen molar-refractivity contribution in [2.24, 2.45) is 0 Å². The molecule has 0 amide bonds. The Kier molecular flexibility index (Phi) is 3.91. The topological polar surface area (TPSA) is 101 Å². The van der Waals surface area contributed by atoms with E-state index in [1.165, 1.54) is 16.0 Å². The second-order valence-corrected chi connectivity index (χ2v) is 6.81. The van der Waals surface area contributed by atoms with E-state index in [0.717, 1.165) is 16.9 Å². The quantitative estimate of drug-likeness (QED) is 0.490. The molecule has 3 aromatic heterocycles. The van der Waals surface area contributed by atoms with Crippen molar-refractivity contribution in [1.29, 1.82) is 0 Å². The fourth-order valence-electron chi connectivity index (χ4n) is 2.82. The van der Waals surface area contributed by atoms with E-state index in [1.807, 2.05) is 66.0 Å². The Hall–Kier alpha value is -3.85. The normalized spacial score (nSPS) is 11.0. The minimum atomic E-state index is -0.342. The summed E-state index contributed by atoms with van der Waals surface area (Å²) in [6.45, 7) is 0. The number of rotatable bonds is 4. The van der Waals surface area contributed by atoms with E-state index in [1.54, 1.807) is 0 Å². The average Bonchev–Trinajstić information content (AvgIpc) is 3.38. The minimum absolute atomic E-state index is 0.319. The smallest absolute Gasteiger partial charge is 0.289 e. The van der Waals surface area contributed by atoms with Crippen molar-refractivity contribution in [3.8, 4) is 16.4 Å². The fourth-order valence-corrected chi connectivity index (χ4v) is 3.60. The molecule has 0 saturated heterocycles. The molecular formula is C19H13N7OS. The highest BCUT2D eigenvalue weighted by molar-refractivity contribution is 7.12. The third-order valence-electron chi connectivity index (χ3n) is 4.17. The van der Waals surface area contributed by atoms with Crippen LogP contribution in [0.5, 0.6) is 0 Å². The minimum Gasteiger partial charge on any atom is -0.338 e. The summed E-state index contributed by atoms with van der Waals surface area (Å²) in [5.41, 5.74) is 2.55. The van der Waals surface area contributed by atoms with Crippen LogP contribution in [-0.4, -0.2) is 30.2 Å². The summed E-state index contributed by atoms with van der Waals surface area (Å²) in [6.07, 6.45) is 0. The number of hydrogen-bond acceptors (Lipinski definition) is 7. The van der Waals surface area contributed by atoms with Crippen molar-refractivity contribution in [2.75, 3.05) is 5.32 Å². The van der Waals surface area contributed by atoms with Crippen molar-refractivity contribution in [3.63, 3.8) is 0 Å². The number of para-hydroxylation sites is 1. The molecule has 136 valence electrons. The SMILES string of the molecule is O=c1c2c(Nc3ccccc3)n[nH]c2nnn1-c1nc(-c2ccccc2)cs1. The molecule has 0 aliphatic rings. The van der Waals surface area contributed by atoms with Gasteiger partial charge < -0.3 is 5.32 Å². The Morgan fingerprint density at radius 2 is 1.75 bits per heavy atom. The highest BCUT2D eigenvalue weighted by atomic mass is 32.1. The summed E-state index contributed by atoms with van der Waals surface area (Å²) in [7, 11) is 0. The van der Waals surface area contributed by atoms with Gasteiger partial charge in [-0.05, 0) is 12.1 Å². The first kappa shape index (κ1) is 16.3. The van der Waals surface area contributed by atoms with Crippen LogP contribution in [0, 0.1) is 0 Å². The third kappa shape index (κ3) is 2.83. The van der Waals surface area contributed by atoms with Gasteiger partial charge in [-0.3, -0.25) is 9.89 Å². The van der Waals surface area contributed by atoms with E-state index in [0.29, 0.717) is 22.0 Å². The molecule has 9 heteroatoms. The van der Waals surface area contributed by atoms with Crippen molar-refractivity contribution in [1.82, 2.24) is 30.2 Å². The lowest BCUT2D eigenvalue weighted by Crippen LogP contribution is -2.22. The summed E-state index contributed by atoms with van der Waals surface area (Å²) >= 11 is 1.33. The number of benzene rings is 2. The van der Waals surface area contributed by atoms with Crippen LogP contribution in [0.4, 0.5) is 11.5 Å². The van der Waals surface area contributed by atoms with E-state index in [9.17, 15) is 4.79 Å². The molecule has 0 spiro atoms. The van der Waals surface area contributed by atoms with Crippen LogP contribution in [0.1, 0.15) is 0 Å². The molecule has 5 rings (SSSR count). The summed E-state index contributed by atoms with van der Waals surface area (Å²) in [4.78, 5) is 17.6. The van der Waals surface area contributed by atoms with Crippen LogP contribution in [0.15, 0.2) is 70.8 Å². The lowest BCUT2D eigenvalue weighted by molar-refractivity contribution is 0.730. The number of nitrogens with zero attached hydrogens (tertiary/aromatic N) is 5. The Labute approximate surface area is 162 Å². The molecule has 0 unspecified atom stereocenters. The molecule has 0 saturated carbocycles. The molecule has 3 heterocycles. The summed E-state index contributed by atoms with van der Waals surface area (Å²) in [5.74, 6) is 0.398. The maximum absolute atomic E-state index is 13.1. The van der Waals surface area contributed by atoms with Gasteiger partial charge in [0.05, 0.1) is 5.69 Å². The number of nitrogens with one attached hydrogen (secondary N) is 2. The maximum Gasteiger partial charge on any atom is 0.289 e. The summed E-state index contributed by atoms with van der Waals surface area (Å²) in [6, 6.07) is 19.3. The fraction of sp³-hybridized carbons (Fsp3) is 0. The molecule has 0 fully saturated rings. The second-order valence-electron chi connectivity index (χ2n) is 5.97. The highest BCUT2D eigenvalue weighted by Crippen LogP contribution is 2.24. The number of aromatic amines is 1. The highest BCUT2D eigenvalue weighted by Gasteiger charge is 2.17. The molecular weight excluding hydrogens is 374 g/mol. The summed E-state index contributed by atoms with van der Waals surface area (Å²) in [5, 5.41) is 20.8. The first-order valence-electron chi connectivity index (χ1n) is 8.47. The van der Waals surface area contributed by atoms with Crippen molar-refractivity contribution in [2.45, 2.75) is 0 Å². The van der Waals surface area contributed by atoms with Gasteiger partial charge in [0, 0.05) is 16.6 Å². The first-order chi connectivity index (χ1) is 13.8. The number of fused-ring (bicyclic) bond motifs is 1. The zero-order chi connectivity index (χ0) is 18.9. The van der Waals surface area contributed by atoms with Crippen LogP contribution in [0.2, 0.25) is 0 Å². The number of anilines is 2. The molecule has 2 aromatic carbocycles. The molecule has 0 bridgehead atoms. The van der Waals surface area contributed by atoms with Crippen LogP contribution < -0.4 is 10.9 Å². The predicted molar refractivity (Wildman–Crippen MR) is 108 cm³/mol. The standard InChI is InChI=1S/C19H13N7OS/c27-18-15-16(20-13-9-5-2-6-10-13)22-23-17(15)24-25-26(18)19-21-14(11-28-19)12-7-3-1-4-8-12/h1-11H,(H2,20,22,23). The van der Waals surface area contributed by atoms with Crippen LogP contribution in [0.3, 0.4) is 0 Å². The Bertz CT molecular complexity index is 1310. The largest absolute Gasteiger partial charge is 0.338 e. The molecule has 0 radical (unpaired) electrons. The van der Waals surface area contributed by atoms with Gasteiger partial charge in [0.1, 0.15) is 5.39 Å². The van der Waals surface area contributed by atoms with Gasteiger partial charge in [-0.1, -0.05) is 53.7 Å². The molecule has 0 aliphatic heterocycles. The van der Waals surface area contributed by atoms with E-state index in [-0.39, 0.29) is 5.56 Å². The Morgan fingerprint density at radius 3 is 2.54 bits per heavy atom. The van der Waals surface area contributed by atoms with Crippen molar-refractivity contribution in [3.05, 3.63) is 76.4 Å². The van der Waals surface area contributed by atoms with E-state index in [2.05, 4.69) is 30.8 Å². The Morgan fingerprint density at radius 1 is 1.00 bits per heavy atom. The van der Waals surface area contributed by atoms with Gasteiger partial charge in [-0.2, -0.15) is 5.10 Å². The van der Waals surface area contributed by atoms with E-state index < -0.39 is 0 Å². The molecule has 0 aliphatic carbocycles. The molecule has 5 aromatic rings. The van der Waals surface area contributed by atoms with Gasteiger partial charge in [-0.15, -0.1) is 21.1 Å². The van der Waals surface area contributed by atoms with E-state index in [4.69, 9.17) is 0 Å². The zero-order valence-electron chi connectivity index (χ0n) is 14.4. The zero-order valence-corrected chi connectivity index (χ0v) is 15.2. The number of thiazole rings is 1. The molecule has 2 N–H and O–H groups in total. The van der Waals surface area contributed by atoms with E-state index >= 15 is 0 Å². The monoisotopic (exact) mass is 387 g/mol. The summed E-state index contributed by atoms with van der Waals surface area (Å²) < 4.78 is 1.20. The van der Waals surface area contributed by atoms with Crippen molar-refractivity contribution < 1.29 is 0 Å². The van der Waals surface area contributed by atoms with Gasteiger partial charge >= 0.3 is 0 Å². The van der Waals surface area contributed by atoms with Gasteiger partial charge in [0.2, 0.25) is 5.13 Å². The average molecular weight is 387 g/mol. The van der Waals surface area contributed by atoms with Gasteiger partial charge in [0.15, 0.2) is 11.5 Å². The molecule has 0 atom stereocenters. The van der Waals surface area contributed by atoms with Crippen molar-refractivity contribution >= 4 is 33.9 Å². The second kappa shape index (κ2) is 6.71. The third-order valence-corrected chi connectivity index (χ3v) is 4.98. The maximum atomic E-state index is 13.1. The number of H-pyrrole nitrogens is 1. The molecule has 28 heavy (non-hydrogen) atoms. The van der Waals surface area contributed by atoms with Gasteiger partial charge in [0.25, 0.3) is 5.56 Å². The van der Waals surface area contributed by atoms with Crippen LogP contribution >= 0.6 is 11.3 Å². The van der Waals surface area contributed by atoms with Gasteiger partial charge in [-0.25, -0.2) is 4.98 Å². The Balaban J connectivity index is 1.58. The molecule has 8 nitrogen and oxygen atoms in total. The lowest BCUT2D eigenvalue weighted by atomic mass is 10.2. The number of hydrogen-bond donors (Lipinski definition) is 2. The number of aromatic nitrogens is 6. The predicted octanol–water partition coefficient (Wildman–Crippen LogP) is 3.37. The first-order valence-corrected chi connectivity index (χ1v) is 9.35.